The van der Waals surface area contributed by atoms with Gasteiger partial charge in [0.15, 0.2) is 0 Å². The Hall–Kier alpha value is -0.680. The number of hydrogen-bond acceptors (Lipinski definition) is 5. The molecule has 2 atom stereocenters. The van der Waals surface area contributed by atoms with Gasteiger partial charge >= 0.3 is 0 Å². The fourth-order valence-electron chi connectivity index (χ4n) is 1.66. The summed E-state index contributed by atoms with van der Waals surface area (Å²) in [4.78, 5) is 2.28. The lowest BCUT2D eigenvalue weighted by atomic mass is 10.2. The molecule has 0 unspecified atom stereocenters. The molecular formula is C8H13N3OS. The lowest BCUT2D eigenvalue weighted by molar-refractivity contribution is -0.00501. The Morgan fingerprint density at radius 2 is 2.15 bits per heavy atom. The van der Waals surface area contributed by atoms with E-state index in [1.807, 2.05) is 6.20 Å². The Morgan fingerprint density at radius 1 is 1.46 bits per heavy atom. The van der Waals surface area contributed by atoms with Crippen LogP contribution in [0.3, 0.4) is 0 Å². The quantitative estimate of drug-likeness (QED) is 0.680. The molecule has 72 valence electrons. The van der Waals surface area contributed by atoms with E-state index in [-0.39, 0.29) is 0 Å². The van der Waals surface area contributed by atoms with Crippen LogP contribution < -0.4 is 4.90 Å². The minimum Gasteiger partial charge on any atom is -0.372 e. The van der Waals surface area contributed by atoms with Crippen molar-refractivity contribution in [1.29, 1.82) is 0 Å². The normalized spacial score (nSPS) is 29.2. The fraction of sp³-hybridized carbons (Fsp3) is 0.750. The molecule has 1 aliphatic rings. The summed E-state index contributed by atoms with van der Waals surface area (Å²) in [5.74, 6) is 0. The van der Waals surface area contributed by atoms with E-state index in [0.29, 0.717) is 12.2 Å². The third-order valence-corrected chi connectivity index (χ3v) is 2.81. The molecule has 0 bridgehead atoms. The summed E-state index contributed by atoms with van der Waals surface area (Å²) in [6.45, 7) is 6.07. The zero-order chi connectivity index (χ0) is 9.26. The smallest absolute Gasteiger partial charge is 0.132 e. The maximum absolute atomic E-state index is 5.64. The Bertz CT molecular complexity index is 254. The van der Waals surface area contributed by atoms with Crippen LogP contribution in [0.15, 0.2) is 6.20 Å². The van der Waals surface area contributed by atoms with E-state index < -0.39 is 0 Å². The van der Waals surface area contributed by atoms with E-state index in [1.54, 1.807) is 0 Å². The van der Waals surface area contributed by atoms with E-state index in [0.717, 1.165) is 18.1 Å². The van der Waals surface area contributed by atoms with Crippen molar-refractivity contribution < 1.29 is 4.74 Å². The second-order valence-corrected chi connectivity index (χ2v) is 4.18. The van der Waals surface area contributed by atoms with Crippen LogP contribution in [0.1, 0.15) is 13.8 Å². The van der Waals surface area contributed by atoms with Crippen LogP contribution in [0.5, 0.6) is 0 Å². The first-order chi connectivity index (χ1) is 6.25. The molecule has 13 heavy (non-hydrogen) atoms. The highest BCUT2D eigenvalue weighted by molar-refractivity contribution is 7.09. The van der Waals surface area contributed by atoms with Crippen molar-refractivity contribution in [3.8, 4) is 0 Å². The number of hydrogen-bond donors (Lipinski definition) is 0. The first-order valence-corrected chi connectivity index (χ1v) is 5.21. The number of morpholine rings is 1. The number of nitrogens with zero attached hydrogens (tertiary/aromatic N) is 3. The molecule has 1 aliphatic heterocycles. The summed E-state index contributed by atoms with van der Waals surface area (Å²) >= 11 is 1.44. The van der Waals surface area contributed by atoms with Gasteiger partial charge in [0.1, 0.15) is 5.00 Å². The molecule has 0 radical (unpaired) electrons. The van der Waals surface area contributed by atoms with Crippen molar-refractivity contribution in [2.24, 2.45) is 0 Å². The van der Waals surface area contributed by atoms with Gasteiger partial charge in [0.2, 0.25) is 0 Å². The third kappa shape index (κ3) is 1.97. The van der Waals surface area contributed by atoms with Crippen molar-refractivity contribution >= 4 is 16.5 Å². The predicted molar refractivity (Wildman–Crippen MR) is 52.1 cm³/mol. The molecule has 1 fully saturated rings. The largest absolute Gasteiger partial charge is 0.372 e. The summed E-state index contributed by atoms with van der Waals surface area (Å²) in [7, 11) is 0. The molecule has 0 spiro atoms. The second kappa shape index (κ2) is 3.59. The highest BCUT2D eigenvalue weighted by Crippen LogP contribution is 2.21. The predicted octanol–water partition coefficient (Wildman–Crippen LogP) is 1.15. The maximum Gasteiger partial charge on any atom is 0.132 e. The van der Waals surface area contributed by atoms with Crippen LogP contribution in [0.4, 0.5) is 5.00 Å². The Labute approximate surface area is 81.7 Å². The topological polar surface area (TPSA) is 38.2 Å². The van der Waals surface area contributed by atoms with Gasteiger partial charge in [-0.2, -0.15) is 0 Å². The first kappa shape index (κ1) is 8.90. The van der Waals surface area contributed by atoms with Gasteiger partial charge in [0, 0.05) is 24.6 Å². The van der Waals surface area contributed by atoms with Gasteiger partial charge < -0.3 is 9.64 Å². The molecule has 2 heterocycles. The molecule has 0 aliphatic carbocycles. The summed E-state index contributed by atoms with van der Waals surface area (Å²) in [5, 5.41) is 4.97. The first-order valence-electron chi connectivity index (χ1n) is 4.43. The molecular weight excluding hydrogens is 186 g/mol. The summed E-state index contributed by atoms with van der Waals surface area (Å²) in [5.41, 5.74) is 0. The minimum atomic E-state index is 0.297. The van der Waals surface area contributed by atoms with Crippen molar-refractivity contribution in [2.45, 2.75) is 26.1 Å². The fourth-order valence-corrected chi connectivity index (χ4v) is 2.20. The van der Waals surface area contributed by atoms with Gasteiger partial charge in [-0.25, -0.2) is 0 Å². The molecule has 2 rings (SSSR count). The van der Waals surface area contributed by atoms with E-state index in [9.17, 15) is 0 Å². The average molecular weight is 199 g/mol. The van der Waals surface area contributed by atoms with Gasteiger partial charge in [-0.3, -0.25) is 0 Å². The SMILES string of the molecule is C[C@@H]1CN(c2cnns2)C[C@H](C)O1. The summed E-state index contributed by atoms with van der Waals surface area (Å²) < 4.78 is 9.49. The molecule has 1 aromatic heterocycles. The molecule has 0 aromatic carbocycles. The Kier molecular flexibility index (Phi) is 2.46. The van der Waals surface area contributed by atoms with Crippen LogP contribution in [0.25, 0.3) is 0 Å². The lowest BCUT2D eigenvalue weighted by Gasteiger charge is -2.35. The van der Waals surface area contributed by atoms with E-state index in [4.69, 9.17) is 4.74 Å². The monoisotopic (exact) mass is 199 g/mol. The minimum absolute atomic E-state index is 0.297. The Balaban J connectivity index is 2.07. The van der Waals surface area contributed by atoms with Gasteiger partial charge in [-0.15, -0.1) is 5.10 Å². The summed E-state index contributed by atoms with van der Waals surface area (Å²) in [6.07, 6.45) is 2.41. The number of rotatable bonds is 1. The molecule has 4 nitrogen and oxygen atoms in total. The number of anilines is 1. The Morgan fingerprint density at radius 3 is 2.69 bits per heavy atom. The average Bonchev–Trinajstić information content (AvgIpc) is 2.53. The molecule has 0 N–H and O–H groups in total. The summed E-state index contributed by atoms with van der Waals surface area (Å²) in [6, 6.07) is 0. The van der Waals surface area contributed by atoms with Crippen molar-refractivity contribution in [3.63, 3.8) is 0 Å². The second-order valence-electron chi connectivity index (χ2n) is 3.42. The van der Waals surface area contributed by atoms with Gasteiger partial charge in [0.25, 0.3) is 0 Å². The van der Waals surface area contributed by atoms with E-state index >= 15 is 0 Å². The van der Waals surface area contributed by atoms with Gasteiger partial charge in [0.05, 0.1) is 18.4 Å². The van der Waals surface area contributed by atoms with Crippen LogP contribution in [-0.4, -0.2) is 34.9 Å². The molecule has 1 saturated heterocycles. The zero-order valence-corrected chi connectivity index (χ0v) is 8.62. The molecule has 1 aromatic rings. The lowest BCUT2D eigenvalue weighted by Crippen LogP contribution is -2.45. The van der Waals surface area contributed by atoms with E-state index in [2.05, 4.69) is 28.3 Å². The zero-order valence-electron chi connectivity index (χ0n) is 7.80. The van der Waals surface area contributed by atoms with Crippen molar-refractivity contribution in [3.05, 3.63) is 6.20 Å². The third-order valence-electron chi connectivity index (χ3n) is 2.08. The van der Waals surface area contributed by atoms with Crippen molar-refractivity contribution in [2.75, 3.05) is 18.0 Å². The van der Waals surface area contributed by atoms with Gasteiger partial charge in [-0.1, -0.05) is 4.49 Å². The van der Waals surface area contributed by atoms with Crippen LogP contribution in [0.2, 0.25) is 0 Å². The highest BCUT2D eigenvalue weighted by atomic mass is 32.1. The number of aromatic nitrogens is 2. The van der Waals surface area contributed by atoms with Gasteiger partial charge in [-0.05, 0) is 13.8 Å². The molecule has 5 heteroatoms. The van der Waals surface area contributed by atoms with E-state index in [1.165, 1.54) is 11.5 Å². The maximum atomic E-state index is 5.64. The molecule has 0 amide bonds. The van der Waals surface area contributed by atoms with Crippen molar-refractivity contribution in [1.82, 2.24) is 9.59 Å². The highest BCUT2D eigenvalue weighted by Gasteiger charge is 2.23. The molecule has 0 saturated carbocycles. The van der Waals surface area contributed by atoms with Crippen LogP contribution in [0, 0.1) is 0 Å². The van der Waals surface area contributed by atoms with Crippen LogP contribution in [-0.2, 0) is 4.74 Å². The standard InChI is InChI=1S/C8H13N3OS/c1-6-4-11(5-7(2)12-6)8-3-9-10-13-8/h3,6-7H,4-5H2,1-2H3/t6-,7+. The van der Waals surface area contributed by atoms with Crippen LogP contribution >= 0.6 is 11.5 Å². The number of ether oxygens (including phenoxy) is 1.